The molecule has 1 aliphatic heterocycles. The predicted octanol–water partition coefficient (Wildman–Crippen LogP) is 3.78. The fourth-order valence-corrected chi connectivity index (χ4v) is 4.21. The highest BCUT2D eigenvalue weighted by Gasteiger charge is 2.39. The van der Waals surface area contributed by atoms with Crippen LogP contribution in [0.4, 0.5) is 0 Å². The molecule has 0 radical (unpaired) electrons. The number of nitrogens with zero attached hydrogens (tertiary/aromatic N) is 2. The van der Waals surface area contributed by atoms with Gasteiger partial charge >= 0.3 is 0 Å². The number of rotatable bonds is 8. The van der Waals surface area contributed by atoms with E-state index in [9.17, 15) is 0 Å². The Bertz CT molecular complexity index is 721. The van der Waals surface area contributed by atoms with Crippen LogP contribution < -0.4 is 20.1 Å². The summed E-state index contributed by atoms with van der Waals surface area (Å²) in [4.78, 5) is 7.60. The first kappa shape index (κ1) is 25.0. The van der Waals surface area contributed by atoms with Gasteiger partial charge in [-0.25, -0.2) is 0 Å². The van der Waals surface area contributed by atoms with Gasteiger partial charge in [0.15, 0.2) is 17.5 Å². The summed E-state index contributed by atoms with van der Waals surface area (Å²) < 4.78 is 10.8. The van der Waals surface area contributed by atoms with Crippen LogP contribution >= 0.6 is 24.0 Å². The number of likely N-dealkylation sites (tertiary alicyclic amines) is 1. The minimum Gasteiger partial charge on any atom is -0.493 e. The fourth-order valence-electron chi connectivity index (χ4n) is 4.21. The average Bonchev–Trinajstić information content (AvgIpc) is 3.48. The summed E-state index contributed by atoms with van der Waals surface area (Å²) in [6.07, 6.45) is 3.91. The topological polar surface area (TPSA) is 58.1 Å². The van der Waals surface area contributed by atoms with Gasteiger partial charge in [-0.3, -0.25) is 9.89 Å². The highest BCUT2D eigenvalue weighted by Crippen LogP contribution is 2.34. The zero-order valence-corrected chi connectivity index (χ0v) is 21.7. The Morgan fingerprint density at radius 1 is 1.20 bits per heavy atom. The molecule has 1 heterocycles. The number of benzene rings is 1. The SMILES string of the molecule is CCNC(=NCC(C)(C)c1ccc(OC)c(OC)c1)NC1CC(C)N(C2CC2)C1.I. The van der Waals surface area contributed by atoms with Crippen molar-refractivity contribution in [3.8, 4) is 11.5 Å². The molecule has 0 amide bonds. The number of hydrogen-bond acceptors (Lipinski definition) is 4. The van der Waals surface area contributed by atoms with Gasteiger partial charge in [-0.1, -0.05) is 19.9 Å². The maximum atomic E-state index is 5.48. The van der Waals surface area contributed by atoms with Crippen LogP contribution in [0.1, 0.15) is 52.5 Å². The summed E-state index contributed by atoms with van der Waals surface area (Å²) >= 11 is 0. The normalized spacial score (nSPS) is 22.4. The first-order valence-corrected chi connectivity index (χ1v) is 10.9. The molecule has 0 aromatic heterocycles. The van der Waals surface area contributed by atoms with Gasteiger partial charge in [-0.15, -0.1) is 24.0 Å². The number of ether oxygens (including phenoxy) is 2. The molecule has 3 rings (SSSR count). The van der Waals surface area contributed by atoms with E-state index < -0.39 is 0 Å². The van der Waals surface area contributed by atoms with Crippen LogP contribution in [0, 0.1) is 0 Å². The van der Waals surface area contributed by atoms with Crippen LogP contribution in [0.15, 0.2) is 23.2 Å². The Morgan fingerprint density at radius 3 is 2.50 bits per heavy atom. The quantitative estimate of drug-likeness (QED) is 0.305. The van der Waals surface area contributed by atoms with Gasteiger partial charge in [-0.2, -0.15) is 0 Å². The van der Waals surface area contributed by atoms with E-state index in [4.69, 9.17) is 14.5 Å². The third kappa shape index (κ3) is 6.15. The first-order valence-electron chi connectivity index (χ1n) is 10.9. The van der Waals surface area contributed by atoms with Crippen molar-refractivity contribution in [2.24, 2.45) is 4.99 Å². The van der Waals surface area contributed by atoms with Crippen molar-refractivity contribution < 1.29 is 9.47 Å². The monoisotopic (exact) mass is 530 g/mol. The molecular formula is C23H39IN4O2. The molecule has 0 spiro atoms. The second-order valence-electron chi connectivity index (χ2n) is 9.00. The smallest absolute Gasteiger partial charge is 0.191 e. The molecule has 1 aromatic rings. The van der Waals surface area contributed by atoms with Gasteiger partial charge in [0.2, 0.25) is 0 Å². The molecule has 2 N–H and O–H groups in total. The molecular weight excluding hydrogens is 491 g/mol. The van der Waals surface area contributed by atoms with Crippen molar-refractivity contribution >= 4 is 29.9 Å². The maximum absolute atomic E-state index is 5.48. The lowest BCUT2D eigenvalue weighted by molar-refractivity contribution is 0.256. The number of methoxy groups -OCH3 is 2. The van der Waals surface area contributed by atoms with Crippen LogP contribution in [0.2, 0.25) is 0 Å². The average molecular weight is 530 g/mol. The third-order valence-corrected chi connectivity index (χ3v) is 6.12. The lowest BCUT2D eigenvalue weighted by atomic mass is 9.84. The molecule has 2 aliphatic rings. The molecule has 30 heavy (non-hydrogen) atoms. The summed E-state index contributed by atoms with van der Waals surface area (Å²) in [6, 6.07) is 8.07. The van der Waals surface area contributed by atoms with E-state index in [0.29, 0.717) is 18.6 Å². The molecule has 1 aliphatic carbocycles. The van der Waals surface area contributed by atoms with E-state index in [1.807, 2.05) is 6.07 Å². The third-order valence-electron chi connectivity index (χ3n) is 6.12. The van der Waals surface area contributed by atoms with Crippen molar-refractivity contribution in [1.82, 2.24) is 15.5 Å². The van der Waals surface area contributed by atoms with Crippen molar-refractivity contribution in [1.29, 1.82) is 0 Å². The number of nitrogens with one attached hydrogen (secondary N) is 2. The first-order chi connectivity index (χ1) is 13.9. The predicted molar refractivity (Wildman–Crippen MR) is 135 cm³/mol. The van der Waals surface area contributed by atoms with Crippen LogP contribution in [0.3, 0.4) is 0 Å². The minimum atomic E-state index is -0.120. The number of halogens is 1. The Balaban J connectivity index is 0.00000320. The molecule has 2 unspecified atom stereocenters. The van der Waals surface area contributed by atoms with Crippen LogP contribution in [0.5, 0.6) is 11.5 Å². The largest absolute Gasteiger partial charge is 0.493 e. The number of aliphatic imine (C=N–C) groups is 1. The van der Waals surface area contributed by atoms with E-state index in [2.05, 4.69) is 55.4 Å². The summed E-state index contributed by atoms with van der Waals surface area (Å²) in [5.74, 6) is 2.42. The lowest BCUT2D eigenvalue weighted by Crippen LogP contribution is -2.45. The molecule has 2 fully saturated rings. The van der Waals surface area contributed by atoms with E-state index in [1.54, 1.807) is 14.2 Å². The van der Waals surface area contributed by atoms with E-state index >= 15 is 0 Å². The van der Waals surface area contributed by atoms with Gasteiger partial charge in [0, 0.05) is 36.6 Å². The molecule has 0 bridgehead atoms. The fraction of sp³-hybridized carbons (Fsp3) is 0.696. The summed E-state index contributed by atoms with van der Waals surface area (Å²) in [6.45, 7) is 11.6. The standard InChI is InChI=1S/C23H38N4O2.HI/c1-7-24-22(26-18-12-16(2)27(14-18)19-9-10-19)25-15-23(3,4)17-8-11-20(28-5)21(13-17)29-6;/h8,11,13,16,18-19H,7,9-10,12,14-15H2,1-6H3,(H2,24,25,26);1H. The zero-order valence-electron chi connectivity index (χ0n) is 19.3. The Hall–Kier alpha value is -1.22. The van der Waals surface area contributed by atoms with Gasteiger partial charge in [0.05, 0.1) is 20.8 Å². The lowest BCUT2D eigenvalue weighted by Gasteiger charge is -2.25. The van der Waals surface area contributed by atoms with E-state index in [1.165, 1.54) is 24.8 Å². The molecule has 1 aromatic carbocycles. The number of guanidine groups is 1. The van der Waals surface area contributed by atoms with Gasteiger partial charge in [-0.05, 0) is 50.8 Å². The molecule has 6 nitrogen and oxygen atoms in total. The van der Waals surface area contributed by atoms with E-state index in [-0.39, 0.29) is 29.4 Å². The van der Waals surface area contributed by atoms with E-state index in [0.717, 1.165) is 36.6 Å². The van der Waals surface area contributed by atoms with Crippen LogP contribution in [0.25, 0.3) is 0 Å². The van der Waals surface area contributed by atoms with Crippen molar-refractivity contribution in [2.45, 2.75) is 70.5 Å². The van der Waals surface area contributed by atoms with Gasteiger partial charge < -0.3 is 20.1 Å². The Kier molecular flexibility index (Phi) is 9.09. The highest BCUT2D eigenvalue weighted by atomic mass is 127. The molecule has 1 saturated carbocycles. The molecule has 2 atom stereocenters. The highest BCUT2D eigenvalue weighted by molar-refractivity contribution is 14.0. The maximum Gasteiger partial charge on any atom is 0.191 e. The Labute approximate surface area is 199 Å². The minimum absolute atomic E-state index is 0. The number of hydrogen-bond donors (Lipinski definition) is 2. The second-order valence-corrected chi connectivity index (χ2v) is 9.00. The van der Waals surface area contributed by atoms with Crippen molar-refractivity contribution in [3.63, 3.8) is 0 Å². The van der Waals surface area contributed by atoms with Gasteiger partial charge in [0.1, 0.15) is 0 Å². The van der Waals surface area contributed by atoms with Gasteiger partial charge in [0.25, 0.3) is 0 Å². The molecule has 1 saturated heterocycles. The summed E-state index contributed by atoms with van der Waals surface area (Å²) in [7, 11) is 3.34. The van der Waals surface area contributed by atoms with Crippen LogP contribution in [-0.4, -0.2) is 62.8 Å². The molecule has 170 valence electrons. The zero-order chi connectivity index (χ0) is 21.0. The van der Waals surface area contributed by atoms with Crippen molar-refractivity contribution in [3.05, 3.63) is 23.8 Å². The summed E-state index contributed by atoms with van der Waals surface area (Å²) in [5, 5.41) is 7.10. The summed E-state index contributed by atoms with van der Waals surface area (Å²) in [5.41, 5.74) is 1.06. The van der Waals surface area contributed by atoms with Crippen LogP contribution in [-0.2, 0) is 5.41 Å². The second kappa shape index (κ2) is 10.9. The molecule has 7 heteroatoms. The van der Waals surface area contributed by atoms with Crippen molar-refractivity contribution in [2.75, 3.05) is 33.9 Å². The Morgan fingerprint density at radius 2 is 1.90 bits per heavy atom.